The summed E-state index contributed by atoms with van der Waals surface area (Å²) in [4.78, 5) is 41.2. The number of nitrogens with zero attached hydrogens (tertiary/aromatic N) is 1. The first-order valence-electron chi connectivity index (χ1n) is 7.08. The summed E-state index contributed by atoms with van der Waals surface area (Å²) in [5.74, 6) is -0.183. The van der Waals surface area contributed by atoms with Crippen LogP contribution >= 0.6 is 15.2 Å². The van der Waals surface area contributed by atoms with Crippen molar-refractivity contribution in [2.75, 3.05) is 0 Å². The summed E-state index contributed by atoms with van der Waals surface area (Å²) >= 11 is 0. The molecule has 0 spiro atoms. The van der Waals surface area contributed by atoms with Crippen molar-refractivity contribution in [2.24, 2.45) is 16.6 Å². The Labute approximate surface area is 129 Å². The van der Waals surface area contributed by atoms with Gasteiger partial charge >= 0.3 is 15.2 Å². The molecule has 7 N–H and O–H groups in total. The van der Waals surface area contributed by atoms with E-state index in [0.717, 1.165) is 12.8 Å². The summed E-state index contributed by atoms with van der Waals surface area (Å²) in [5.41, 5.74) is 5.68. The third kappa shape index (κ3) is 4.38. The molecule has 0 amide bonds. The van der Waals surface area contributed by atoms with E-state index < -0.39 is 38.7 Å². The van der Waals surface area contributed by atoms with E-state index in [1.165, 1.54) is 0 Å². The van der Waals surface area contributed by atoms with Crippen molar-refractivity contribution in [3.8, 4) is 0 Å². The second-order valence-corrected chi connectivity index (χ2v) is 9.66. The standard InChI is InChI=1S/C11H24N2O7P2/c1-2-10(12)13-9-6-4-3-5-8(9)7-11(14,21(15,16)17)22(18,19)20/h8-9,14H,2-7H2,1H3,(H2,12,13)(H2,15,16,17)(H2,18,19,20). The molecule has 1 aliphatic carbocycles. The Morgan fingerprint density at radius 1 is 1.18 bits per heavy atom. The molecular weight excluding hydrogens is 334 g/mol. The number of hydrogen-bond donors (Lipinski definition) is 6. The van der Waals surface area contributed by atoms with Gasteiger partial charge in [0.1, 0.15) is 0 Å². The summed E-state index contributed by atoms with van der Waals surface area (Å²) in [6.07, 6.45) is 2.43. The van der Waals surface area contributed by atoms with Crippen LogP contribution in [-0.2, 0) is 9.13 Å². The Morgan fingerprint density at radius 2 is 1.68 bits per heavy atom. The normalized spacial score (nSPS) is 25.3. The molecule has 1 fully saturated rings. The monoisotopic (exact) mass is 358 g/mol. The third-order valence-corrected chi connectivity index (χ3v) is 7.83. The molecule has 2 unspecified atom stereocenters. The van der Waals surface area contributed by atoms with Gasteiger partial charge in [0.2, 0.25) is 0 Å². The van der Waals surface area contributed by atoms with E-state index >= 15 is 0 Å². The highest BCUT2D eigenvalue weighted by Crippen LogP contribution is 2.70. The first-order valence-corrected chi connectivity index (χ1v) is 10.3. The predicted molar refractivity (Wildman–Crippen MR) is 81.3 cm³/mol. The number of aliphatic hydroxyl groups is 1. The van der Waals surface area contributed by atoms with E-state index in [2.05, 4.69) is 4.99 Å². The lowest BCUT2D eigenvalue weighted by Gasteiger charge is -2.36. The van der Waals surface area contributed by atoms with Gasteiger partial charge in [0.05, 0.1) is 11.9 Å². The molecule has 11 heteroatoms. The van der Waals surface area contributed by atoms with E-state index in [-0.39, 0.29) is 0 Å². The fourth-order valence-corrected chi connectivity index (χ4v) is 4.96. The molecule has 0 heterocycles. The summed E-state index contributed by atoms with van der Waals surface area (Å²) in [5, 5.41) is 6.66. The number of nitrogens with two attached hydrogens (primary N) is 1. The fourth-order valence-electron chi connectivity index (χ4n) is 2.66. The third-order valence-electron chi connectivity index (χ3n) is 4.03. The average molecular weight is 358 g/mol. The molecule has 130 valence electrons. The van der Waals surface area contributed by atoms with E-state index in [4.69, 9.17) is 5.73 Å². The molecule has 0 aromatic heterocycles. The maximum Gasteiger partial charge on any atom is 0.369 e. The Hall–Kier alpha value is -0.270. The Kier molecular flexibility index (Phi) is 6.38. The highest BCUT2D eigenvalue weighted by molar-refractivity contribution is 7.72. The molecule has 0 aliphatic heterocycles. The summed E-state index contributed by atoms with van der Waals surface area (Å²) in [7, 11) is -10.9. The topological polar surface area (TPSA) is 174 Å². The molecule has 22 heavy (non-hydrogen) atoms. The molecule has 1 aliphatic rings. The maximum atomic E-state index is 11.5. The lowest BCUT2D eigenvalue weighted by molar-refractivity contribution is 0.0938. The van der Waals surface area contributed by atoms with Crippen LogP contribution in [0, 0.1) is 5.92 Å². The van der Waals surface area contributed by atoms with Gasteiger partial charge in [-0.1, -0.05) is 19.8 Å². The summed E-state index contributed by atoms with van der Waals surface area (Å²) < 4.78 is 22.9. The Bertz CT molecular complexity index is 491. The van der Waals surface area contributed by atoms with Gasteiger partial charge < -0.3 is 30.4 Å². The van der Waals surface area contributed by atoms with Crippen molar-refractivity contribution in [1.82, 2.24) is 0 Å². The molecule has 0 aromatic carbocycles. The van der Waals surface area contributed by atoms with Gasteiger partial charge in [-0.2, -0.15) is 0 Å². The van der Waals surface area contributed by atoms with Crippen LogP contribution in [0.15, 0.2) is 4.99 Å². The van der Waals surface area contributed by atoms with Crippen LogP contribution in [0.2, 0.25) is 0 Å². The van der Waals surface area contributed by atoms with Crippen molar-refractivity contribution in [3.63, 3.8) is 0 Å². The molecule has 0 aromatic rings. The van der Waals surface area contributed by atoms with Gasteiger partial charge in [0.15, 0.2) is 0 Å². The first-order chi connectivity index (χ1) is 9.92. The lowest BCUT2D eigenvalue weighted by atomic mass is 9.83. The van der Waals surface area contributed by atoms with Crippen molar-refractivity contribution in [2.45, 2.75) is 56.6 Å². The van der Waals surface area contributed by atoms with E-state index in [1.54, 1.807) is 6.92 Å². The van der Waals surface area contributed by atoms with Gasteiger partial charge in [-0.15, -0.1) is 0 Å². The van der Waals surface area contributed by atoms with Gasteiger partial charge in [-0.25, -0.2) is 0 Å². The quantitative estimate of drug-likeness (QED) is 0.228. The van der Waals surface area contributed by atoms with Crippen LogP contribution in [0.3, 0.4) is 0 Å². The molecule has 9 nitrogen and oxygen atoms in total. The van der Waals surface area contributed by atoms with E-state index in [0.29, 0.717) is 25.1 Å². The average Bonchev–Trinajstić information content (AvgIpc) is 2.38. The van der Waals surface area contributed by atoms with Gasteiger partial charge in [0.25, 0.3) is 5.08 Å². The van der Waals surface area contributed by atoms with Crippen LogP contribution in [0.1, 0.15) is 45.4 Å². The minimum atomic E-state index is -5.43. The maximum absolute atomic E-state index is 11.5. The highest BCUT2D eigenvalue weighted by Gasteiger charge is 2.60. The van der Waals surface area contributed by atoms with E-state index in [9.17, 15) is 33.8 Å². The van der Waals surface area contributed by atoms with Gasteiger partial charge in [-0.05, 0) is 18.8 Å². The van der Waals surface area contributed by atoms with Crippen molar-refractivity contribution in [3.05, 3.63) is 0 Å². The van der Waals surface area contributed by atoms with Crippen LogP contribution < -0.4 is 5.73 Å². The zero-order valence-corrected chi connectivity index (χ0v) is 14.2. The minimum absolute atomic E-state index is 0.368. The molecule has 1 saturated carbocycles. The van der Waals surface area contributed by atoms with Gasteiger partial charge in [0, 0.05) is 12.8 Å². The van der Waals surface area contributed by atoms with Crippen molar-refractivity contribution >= 4 is 21.0 Å². The summed E-state index contributed by atoms with van der Waals surface area (Å²) in [6, 6.07) is -0.404. The highest BCUT2D eigenvalue weighted by atomic mass is 31.2. The zero-order chi connectivity index (χ0) is 17.2. The number of aliphatic imine (C=N–C) groups is 1. The summed E-state index contributed by atoms with van der Waals surface area (Å²) in [6.45, 7) is 1.80. The van der Waals surface area contributed by atoms with Crippen molar-refractivity contribution in [1.29, 1.82) is 0 Å². The lowest BCUT2D eigenvalue weighted by Crippen LogP contribution is -2.36. The van der Waals surface area contributed by atoms with Crippen LogP contribution in [-0.4, -0.2) is 41.6 Å². The fraction of sp³-hybridized carbons (Fsp3) is 0.909. The largest absolute Gasteiger partial charge is 0.387 e. The number of amidine groups is 1. The number of hydrogen-bond acceptors (Lipinski definition) is 4. The van der Waals surface area contributed by atoms with Crippen LogP contribution in [0.25, 0.3) is 0 Å². The number of rotatable bonds is 6. The van der Waals surface area contributed by atoms with Crippen LogP contribution in [0.5, 0.6) is 0 Å². The molecular formula is C11H24N2O7P2. The molecule has 1 rings (SSSR count). The van der Waals surface area contributed by atoms with Crippen LogP contribution in [0.4, 0.5) is 0 Å². The second-order valence-electron chi connectivity index (χ2n) is 5.65. The molecule has 0 radical (unpaired) electrons. The molecule has 2 atom stereocenters. The minimum Gasteiger partial charge on any atom is -0.387 e. The SMILES string of the molecule is CCC(N)=NC1CCCCC1CC(O)(P(=O)(O)O)P(=O)(O)O. The van der Waals surface area contributed by atoms with E-state index in [1.807, 2.05) is 0 Å². The smallest absolute Gasteiger partial charge is 0.369 e. The first kappa shape index (κ1) is 19.8. The predicted octanol–water partition coefficient (Wildman–Crippen LogP) is 0.704. The van der Waals surface area contributed by atoms with Gasteiger partial charge in [-0.3, -0.25) is 14.1 Å². The Morgan fingerprint density at radius 3 is 2.14 bits per heavy atom. The second kappa shape index (κ2) is 7.09. The Balaban J connectivity index is 3.10. The zero-order valence-electron chi connectivity index (χ0n) is 12.4. The molecule has 0 saturated heterocycles. The molecule has 0 bridgehead atoms. The van der Waals surface area contributed by atoms with Crippen molar-refractivity contribution < 1.29 is 33.8 Å².